The highest BCUT2D eigenvalue weighted by atomic mass is 32.1. The quantitative estimate of drug-likeness (QED) is 0.124. The molecule has 2 N–H and O–H groups in total. The summed E-state index contributed by atoms with van der Waals surface area (Å²) in [6.45, 7) is 0.743. The molecule has 196 valence electrons. The van der Waals surface area contributed by atoms with Gasteiger partial charge in [0.25, 0.3) is 0 Å². The molecule has 7 aromatic carbocycles. The molecular weight excluding hydrogens is 516 g/mol. The average Bonchev–Trinajstić information content (AvgIpc) is 3.42. The molecule has 1 aromatic heterocycles. The summed E-state index contributed by atoms with van der Waals surface area (Å²) in [5, 5.41) is 18.1. The number of hydrogen-bond donors (Lipinski definition) is 2. The second kappa shape index (κ2) is 10.0. The summed E-state index contributed by atoms with van der Waals surface area (Å²) in [5.74, 6) is 0. The summed E-state index contributed by atoms with van der Waals surface area (Å²) in [7, 11) is 0. The van der Waals surface area contributed by atoms with E-state index in [1.165, 1.54) is 63.6 Å². The van der Waals surface area contributed by atoms with Crippen molar-refractivity contribution in [3.05, 3.63) is 151 Å². The molecule has 1 heterocycles. The van der Waals surface area contributed by atoms with Crippen molar-refractivity contribution >= 4 is 69.5 Å². The van der Waals surface area contributed by atoms with Crippen LogP contribution in [0.1, 0.15) is 17.3 Å². The fraction of sp³-hybridized carbons (Fsp3) is 0.0526. The van der Waals surface area contributed by atoms with E-state index in [0.29, 0.717) is 0 Å². The first-order valence-corrected chi connectivity index (χ1v) is 14.9. The molecule has 0 saturated heterocycles. The fourth-order valence-electron chi connectivity index (χ4n) is 6.25. The van der Waals surface area contributed by atoms with Gasteiger partial charge >= 0.3 is 0 Å². The van der Waals surface area contributed by atoms with Crippen molar-refractivity contribution in [2.45, 2.75) is 12.7 Å². The minimum Gasteiger partial charge on any atom is -0.366 e. The Hall–Kier alpha value is -4.70. The molecule has 2 nitrogen and oxygen atoms in total. The van der Waals surface area contributed by atoms with Crippen LogP contribution in [-0.4, -0.2) is 0 Å². The van der Waals surface area contributed by atoms with E-state index >= 15 is 0 Å². The van der Waals surface area contributed by atoms with Gasteiger partial charge in [-0.15, -0.1) is 11.3 Å². The first kappa shape index (κ1) is 24.1. The van der Waals surface area contributed by atoms with Crippen molar-refractivity contribution in [2.75, 3.05) is 5.32 Å². The van der Waals surface area contributed by atoms with E-state index < -0.39 is 0 Å². The maximum Gasteiger partial charge on any atom is 0.105 e. The van der Waals surface area contributed by atoms with E-state index in [4.69, 9.17) is 0 Å². The molecule has 0 amide bonds. The number of fused-ring (bicyclic) bond motifs is 7. The lowest BCUT2D eigenvalue weighted by atomic mass is 9.91. The molecule has 0 aliphatic heterocycles. The number of para-hydroxylation sites is 1. The molecule has 1 atom stereocenters. The summed E-state index contributed by atoms with van der Waals surface area (Å²) < 4.78 is 2.69. The van der Waals surface area contributed by atoms with Crippen LogP contribution in [0.5, 0.6) is 0 Å². The topological polar surface area (TPSA) is 24.1 Å². The zero-order chi connectivity index (χ0) is 27.2. The molecule has 8 aromatic rings. The molecule has 0 aliphatic rings. The third kappa shape index (κ3) is 4.22. The first-order chi connectivity index (χ1) is 20.3. The lowest BCUT2D eigenvalue weighted by molar-refractivity contribution is 0.595. The Balaban J connectivity index is 1.31. The third-order valence-corrected chi connectivity index (χ3v) is 9.43. The van der Waals surface area contributed by atoms with Crippen LogP contribution in [0.15, 0.2) is 140 Å². The van der Waals surface area contributed by atoms with Gasteiger partial charge in [-0.3, -0.25) is 5.32 Å². The standard InChI is InChI=1S/C38H28N2S/c1-2-14-28(15-3-1)40-38(39-24-27-13-10-19-33-31-18-8-9-20-35(31)41-37(27)33)36-30-17-7-5-12-26(30)23-34-29-16-6-4-11-25(29)21-22-32(34)36/h1-23,38-40H,24H2. The van der Waals surface area contributed by atoms with Gasteiger partial charge in [0.2, 0.25) is 0 Å². The molecule has 0 radical (unpaired) electrons. The molecule has 3 heteroatoms. The molecule has 41 heavy (non-hydrogen) atoms. The molecular formula is C38H28N2S. The zero-order valence-electron chi connectivity index (χ0n) is 22.5. The molecule has 0 saturated carbocycles. The van der Waals surface area contributed by atoms with E-state index in [1.807, 2.05) is 11.3 Å². The van der Waals surface area contributed by atoms with Gasteiger partial charge in [0.1, 0.15) is 6.17 Å². The summed E-state index contributed by atoms with van der Waals surface area (Å²) >= 11 is 1.89. The molecule has 0 fully saturated rings. The van der Waals surface area contributed by atoms with Gasteiger partial charge in [-0.25, -0.2) is 0 Å². The maximum absolute atomic E-state index is 3.97. The highest BCUT2D eigenvalue weighted by molar-refractivity contribution is 7.26. The monoisotopic (exact) mass is 544 g/mol. The van der Waals surface area contributed by atoms with Gasteiger partial charge in [0.15, 0.2) is 0 Å². The van der Waals surface area contributed by atoms with Crippen molar-refractivity contribution in [1.82, 2.24) is 5.32 Å². The minimum absolute atomic E-state index is 0.114. The van der Waals surface area contributed by atoms with Crippen molar-refractivity contribution in [1.29, 1.82) is 0 Å². The van der Waals surface area contributed by atoms with Crippen LogP contribution in [-0.2, 0) is 6.54 Å². The number of nitrogens with one attached hydrogen (secondary N) is 2. The number of hydrogen-bond acceptors (Lipinski definition) is 3. The van der Waals surface area contributed by atoms with Crippen LogP contribution in [0.3, 0.4) is 0 Å². The Bertz CT molecular complexity index is 2200. The largest absolute Gasteiger partial charge is 0.366 e. The van der Waals surface area contributed by atoms with Crippen LogP contribution in [0.25, 0.3) is 52.5 Å². The SMILES string of the molecule is c1ccc(NC(NCc2cccc3c2sc2ccccc23)c2c3ccccc3cc3c2ccc2ccccc23)cc1. The zero-order valence-corrected chi connectivity index (χ0v) is 23.3. The van der Waals surface area contributed by atoms with Crippen LogP contribution in [0.4, 0.5) is 5.69 Å². The fourth-order valence-corrected chi connectivity index (χ4v) is 7.46. The summed E-state index contributed by atoms with van der Waals surface area (Å²) in [4.78, 5) is 0. The Kier molecular flexibility index (Phi) is 5.91. The van der Waals surface area contributed by atoms with Crippen molar-refractivity contribution < 1.29 is 0 Å². The van der Waals surface area contributed by atoms with E-state index in [1.54, 1.807) is 0 Å². The van der Waals surface area contributed by atoms with Gasteiger partial charge in [-0.1, -0.05) is 115 Å². The lowest BCUT2D eigenvalue weighted by Crippen LogP contribution is -2.28. The Labute approximate surface area is 242 Å². The lowest BCUT2D eigenvalue weighted by Gasteiger charge is -2.26. The van der Waals surface area contributed by atoms with E-state index in [-0.39, 0.29) is 6.17 Å². The van der Waals surface area contributed by atoms with E-state index in [9.17, 15) is 0 Å². The van der Waals surface area contributed by atoms with Gasteiger partial charge in [0.05, 0.1) is 0 Å². The van der Waals surface area contributed by atoms with E-state index in [2.05, 4.69) is 150 Å². The predicted octanol–water partition coefficient (Wildman–Crippen LogP) is 10.4. The molecule has 0 aliphatic carbocycles. The maximum atomic E-state index is 3.97. The minimum atomic E-state index is -0.114. The number of benzene rings is 7. The number of anilines is 1. The van der Waals surface area contributed by atoms with E-state index in [0.717, 1.165) is 12.2 Å². The third-order valence-electron chi connectivity index (χ3n) is 8.17. The number of rotatable bonds is 6. The second-order valence-electron chi connectivity index (χ2n) is 10.6. The average molecular weight is 545 g/mol. The molecule has 0 bridgehead atoms. The Morgan fingerprint density at radius 3 is 2.10 bits per heavy atom. The molecule has 1 unspecified atom stereocenters. The van der Waals surface area contributed by atoms with Gasteiger partial charge in [0, 0.05) is 38.0 Å². The van der Waals surface area contributed by atoms with Crippen molar-refractivity contribution in [3.8, 4) is 0 Å². The number of thiophene rings is 1. The van der Waals surface area contributed by atoms with Crippen LogP contribution in [0.2, 0.25) is 0 Å². The summed E-state index contributed by atoms with van der Waals surface area (Å²) in [5.41, 5.74) is 3.68. The van der Waals surface area contributed by atoms with Crippen molar-refractivity contribution in [3.63, 3.8) is 0 Å². The molecule has 8 rings (SSSR count). The van der Waals surface area contributed by atoms with Gasteiger partial charge in [-0.2, -0.15) is 0 Å². The predicted molar refractivity (Wildman–Crippen MR) is 178 cm³/mol. The van der Waals surface area contributed by atoms with Crippen LogP contribution < -0.4 is 10.6 Å². The van der Waals surface area contributed by atoms with Crippen LogP contribution >= 0.6 is 11.3 Å². The van der Waals surface area contributed by atoms with Gasteiger partial charge in [-0.05, 0) is 62.1 Å². The Morgan fingerprint density at radius 1 is 0.512 bits per heavy atom. The highest BCUT2D eigenvalue weighted by Crippen LogP contribution is 2.38. The van der Waals surface area contributed by atoms with Gasteiger partial charge < -0.3 is 5.32 Å². The normalized spacial score (nSPS) is 12.5. The summed E-state index contributed by atoms with van der Waals surface area (Å²) in [6, 6.07) is 50.3. The second-order valence-corrected chi connectivity index (χ2v) is 11.7. The molecule has 0 spiro atoms. The first-order valence-electron chi connectivity index (χ1n) is 14.1. The highest BCUT2D eigenvalue weighted by Gasteiger charge is 2.20. The van der Waals surface area contributed by atoms with Crippen LogP contribution in [0, 0.1) is 0 Å². The summed E-state index contributed by atoms with van der Waals surface area (Å²) in [6.07, 6.45) is -0.114. The van der Waals surface area contributed by atoms with Crippen molar-refractivity contribution in [2.24, 2.45) is 0 Å². The Morgan fingerprint density at radius 2 is 1.22 bits per heavy atom. The smallest absolute Gasteiger partial charge is 0.105 e.